The van der Waals surface area contributed by atoms with Crippen molar-refractivity contribution in [3.63, 3.8) is 0 Å². The molecule has 0 saturated heterocycles. The molecule has 0 spiro atoms. The third kappa shape index (κ3) is 2.96. The fourth-order valence-electron chi connectivity index (χ4n) is 1.75. The fraction of sp³-hybridized carbons (Fsp3) is 0.462. The molecule has 0 amide bonds. The Morgan fingerprint density at radius 1 is 1.35 bits per heavy atom. The number of likely N-dealkylation sites (N-methyl/N-ethyl adjacent to an activating group) is 1. The zero-order chi connectivity index (χ0) is 12.3. The SMILES string of the molecule is CCc1cccc2sc(NCCN(C)C)nc12. The number of rotatable bonds is 5. The van der Waals surface area contributed by atoms with E-state index in [1.807, 2.05) is 0 Å². The lowest BCUT2D eigenvalue weighted by molar-refractivity contribution is 0.425. The summed E-state index contributed by atoms with van der Waals surface area (Å²) in [6.07, 6.45) is 1.04. The first-order valence-electron chi connectivity index (χ1n) is 5.97. The Balaban J connectivity index is 2.14. The molecule has 2 rings (SSSR count). The van der Waals surface area contributed by atoms with Crippen molar-refractivity contribution in [2.45, 2.75) is 13.3 Å². The van der Waals surface area contributed by atoms with Crippen molar-refractivity contribution in [2.24, 2.45) is 0 Å². The maximum absolute atomic E-state index is 4.67. The van der Waals surface area contributed by atoms with Crippen LogP contribution in [0.4, 0.5) is 5.13 Å². The van der Waals surface area contributed by atoms with Gasteiger partial charge < -0.3 is 10.2 Å². The van der Waals surface area contributed by atoms with Crippen molar-refractivity contribution in [3.05, 3.63) is 23.8 Å². The van der Waals surface area contributed by atoms with Crippen molar-refractivity contribution in [1.29, 1.82) is 0 Å². The Hall–Kier alpha value is -1.13. The van der Waals surface area contributed by atoms with Crippen LogP contribution in [0.15, 0.2) is 18.2 Å². The highest BCUT2D eigenvalue weighted by molar-refractivity contribution is 7.22. The number of hydrogen-bond acceptors (Lipinski definition) is 4. The third-order valence-corrected chi connectivity index (χ3v) is 3.70. The Labute approximate surface area is 106 Å². The maximum atomic E-state index is 4.67. The number of thiazole rings is 1. The Morgan fingerprint density at radius 2 is 2.18 bits per heavy atom. The summed E-state index contributed by atoms with van der Waals surface area (Å²) < 4.78 is 1.27. The van der Waals surface area contributed by atoms with Gasteiger partial charge in [0.2, 0.25) is 0 Å². The van der Waals surface area contributed by atoms with Crippen LogP contribution < -0.4 is 5.32 Å². The lowest BCUT2D eigenvalue weighted by atomic mass is 10.1. The van der Waals surface area contributed by atoms with Crippen molar-refractivity contribution < 1.29 is 0 Å². The van der Waals surface area contributed by atoms with E-state index in [2.05, 4.69) is 54.4 Å². The molecule has 0 aliphatic heterocycles. The number of nitrogens with one attached hydrogen (secondary N) is 1. The first kappa shape index (κ1) is 12.3. The summed E-state index contributed by atoms with van der Waals surface area (Å²) in [5.74, 6) is 0. The standard InChI is InChI=1S/C13H19N3S/c1-4-10-6-5-7-11-12(10)15-13(17-11)14-8-9-16(2)3/h5-7H,4,8-9H2,1-3H3,(H,14,15). The summed E-state index contributed by atoms with van der Waals surface area (Å²) in [5, 5.41) is 4.41. The zero-order valence-electron chi connectivity index (χ0n) is 10.7. The Morgan fingerprint density at radius 3 is 2.88 bits per heavy atom. The summed E-state index contributed by atoms with van der Waals surface area (Å²) in [7, 11) is 4.16. The van der Waals surface area contributed by atoms with Crippen molar-refractivity contribution in [2.75, 3.05) is 32.5 Å². The number of aromatic nitrogens is 1. The molecule has 92 valence electrons. The van der Waals surface area contributed by atoms with Crippen LogP contribution in [0.2, 0.25) is 0 Å². The molecule has 0 fully saturated rings. The molecule has 1 N–H and O–H groups in total. The van der Waals surface area contributed by atoms with Gasteiger partial charge in [0.15, 0.2) is 5.13 Å². The van der Waals surface area contributed by atoms with Crippen LogP contribution >= 0.6 is 11.3 Å². The van der Waals surface area contributed by atoms with E-state index in [4.69, 9.17) is 0 Å². The second-order valence-electron chi connectivity index (χ2n) is 4.37. The van der Waals surface area contributed by atoms with Crippen LogP contribution in [0.3, 0.4) is 0 Å². The van der Waals surface area contributed by atoms with Gasteiger partial charge in [0, 0.05) is 13.1 Å². The van der Waals surface area contributed by atoms with Gasteiger partial charge in [-0.3, -0.25) is 0 Å². The lowest BCUT2D eigenvalue weighted by Gasteiger charge is -2.08. The number of nitrogens with zero attached hydrogens (tertiary/aromatic N) is 2. The van der Waals surface area contributed by atoms with E-state index in [0.717, 1.165) is 30.2 Å². The molecular weight excluding hydrogens is 230 g/mol. The molecule has 1 aromatic heterocycles. The molecule has 0 radical (unpaired) electrons. The van der Waals surface area contributed by atoms with Gasteiger partial charge in [-0.1, -0.05) is 30.4 Å². The highest BCUT2D eigenvalue weighted by atomic mass is 32.1. The molecular formula is C13H19N3S. The highest BCUT2D eigenvalue weighted by Crippen LogP contribution is 2.28. The second kappa shape index (κ2) is 5.47. The molecule has 0 aliphatic carbocycles. The van der Waals surface area contributed by atoms with E-state index in [9.17, 15) is 0 Å². The van der Waals surface area contributed by atoms with Gasteiger partial charge in [0.25, 0.3) is 0 Å². The fourth-order valence-corrected chi connectivity index (χ4v) is 2.69. The molecule has 2 aromatic rings. The van der Waals surface area contributed by atoms with Crippen molar-refractivity contribution in [1.82, 2.24) is 9.88 Å². The Kier molecular flexibility index (Phi) is 3.97. The quantitative estimate of drug-likeness (QED) is 0.883. The van der Waals surface area contributed by atoms with E-state index in [1.54, 1.807) is 11.3 Å². The average Bonchev–Trinajstić information content (AvgIpc) is 2.70. The average molecular weight is 249 g/mol. The molecule has 17 heavy (non-hydrogen) atoms. The minimum absolute atomic E-state index is 0.939. The minimum Gasteiger partial charge on any atom is -0.360 e. The summed E-state index contributed by atoms with van der Waals surface area (Å²) in [6.45, 7) is 4.14. The molecule has 0 unspecified atom stereocenters. The summed E-state index contributed by atoms with van der Waals surface area (Å²) in [4.78, 5) is 6.83. The maximum Gasteiger partial charge on any atom is 0.183 e. The Bertz CT molecular complexity index is 490. The van der Waals surface area contributed by atoms with Gasteiger partial charge in [-0.15, -0.1) is 0 Å². The number of benzene rings is 1. The number of anilines is 1. The van der Waals surface area contributed by atoms with Crippen LogP contribution in [-0.4, -0.2) is 37.1 Å². The molecule has 0 saturated carbocycles. The van der Waals surface area contributed by atoms with Crippen LogP contribution in [0, 0.1) is 0 Å². The lowest BCUT2D eigenvalue weighted by Crippen LogP contribution is -2.20. The number of para-hydroxylation sites is 1. The second-order valence-corrected chi connectivity index (χ2v) is 5.40. The van der Waals surface area contributed by atoms with Gasteiger partial charge in [-0.25, -0.2) is 4.98 Å². The summed E-state index contributed by atoms with van der Waals surface area (Å²) in [5.41, 5.74) is 2.49. The molecule has 1 aromatic carbocycles. The largest absolute Gasteiger partial charge is 0.360 e. The van der Waals surface area contributed by atoms with Crippen LogP contribution in [0.25, 0.3) is 10.2 Å². The van der Waals surface area contributed by atoms with Gasteiger partial charge in [0.05, 0.1) is 10.2 Å². The number of hydrogen-bond donors (Lipinski definition) is 1. The van der Waals surface area contributed by atoms with Crippen LogP contribution in [-0.2, 0) is 6.42 Å². The molecule has 0 atom stereocenters. The molecule has 0 bridgehead atoms. The predicted molar refractivity (Wildman–Crippen MR) is 76.0 cm³/mol. The normalized spacial score (nSPS) is 11.3. The molecule has 1 heterocycles. The highest BCUT2D eigenvalue weighted by Gasteiger charge is 2.06. The van der Waals surface area contributed by atoms with Crippen molar-refractivity contribution in [3.8, 4) is 0 Å². The van der Waals surface area contributed by atoms with Gasteiger partial charge in [0.1, 0.15) is 0 Å². The third-order valence-electron chi connectivity index (χ3n) is 2.72. The molecule has 4 heteroatoms. The first-order chi connectivity index (χ1) is 8.20. The van der Waals surface area contributed by atoms with E-state index in [1.165, 1.54) is 10.3 Å². The van der Waals surface area contributed by atoms with Crippen molar-refractivity contribution >= 4 is 26.7 Å². The summed E-state index contributed by atoms with van der Waals surface area (Å²) in [6, 6.07) is 6.41. The van der Waals surface area contributed by atoms with Crippen LogP contribution in [0.1, 0.15) is 12.5 Å². The number of aryl methyl sites for hydroxylation is 1. The van der Waals surface area contributed by atoms with Gasteiger partial charge in [-0.05, 0) is 32.1 Å². The number of fused-ring (bicyclic) bond motifs is 1. The van der Waals surface area contributed by atoms with E-state index in [0.29, 0.717) is 0 Å². The van der Waals surface area contributed by atoms with E-state index >= 15 is 0 Å². The summed E-state index contributed by atoms with van der Waals surface area (Å²) >= 11 is 1.74. The molecule has 3 nitrogen and oxygen atoms in total. The predicted octanol–water partition coefficient (Wildman–Crippen LogP) is 2.83. The van der Waals surface area contributed by atoms with Gasteiger partial charge in [-0.2, -0.15) is 0 Å². The topological polar surface area (TPSA) is 28.2 Å². The monoisotopic (exact) mass is 249 g/mol. The molecule has 0 aliphatic rings. The van der Waals surface area contributed by atoms with Gasteiger partial charge >= 0.3 is 0 Å². The smallest absolute Gasteiger partial charge is 0.183 e. The first-order valence-corrected chi connectivity index (χ1v) is 6.79. The van der Waals surface area contributed by atoms with Crippen LogP contribution in [0.5, 0.6) is 0 Å². The van der Waals surface area contributed by atoms with E-state index < -0.39 is 0 Å². The minimum atomic E-state index is 0.939. The zero-order valence-corrected chi connectivity index (χ0v) is 11.5. The van der Waals surface area contributed by atoms with E-state index in [-0.39, 0.29) is 0 Å².